The SMILES string of the molecule is O=[PH+]OCO[PH+]=O. The Morgan fingerprint density at radius 2 is 1.57 bits per heavy atom. The van der Waals surface area contributed by atoms with E-state index in [-0.39, 0.29) is 6.79 Å². The Bertz CT molecular complexity index is 54.7. The van der Waals surface area contributed by atoms with Crippen LogP contribution in [0.2, 0.25) is 0 Å². The summed E-state index contributed by atoms with van der Waals surface area (Å²) in [4.78, 5) is 0. The standard InChI is InChI=1S/CH4O4P2/c2-6-4-1-5-7-3/h6-7H,1H2/q+2. The first-order valence-electron chi connectivity index (χ1n) is 1.39. The third-order valence-corrected chi connectivity index (χ3v) is 0.707. The molecular weight excluding hydrogens is 138 g/mol. The molecule has 0 amide bonds. The summed E-state index contributed by atoms with van der Waals surface area (Å²) in [5.74, 6) is 0. The van der Waals surface area contributed by atoms with Gasteiger partial charge in [0.1, 0.15) is 0 Å². The van der Waals surface area contributed by atoms with E-state index in [1.165, 1.54) is 0 Å². The fraction of sp³-hybridized carbons (Fsp3) is 1.00. The maximum atomic E-state index is 9.43. The Labute approximate surface area is 43.4 Å². The van der Waals surface area contributed by atoms with E-state index < -0.39 is 17.4 Å². The highest BCUT2D eigenvalue weighted by molar-refractivity contribution is 7.18. The molecule has 0 aliphatic rings. The fourth-order valence-electron chi connectivity index (χ4n) is 0.0776. The van der Waals surface area contributed by atoms with Crippen LogP contribution in [0, 0.1) is 0 Å². The van der Waals surface area contributed by atoms with E-state index in [1.54, 1.807) is 0 Å². The van der Waals surface area contributed by atoms with Crippen molar-refractivity contribution in [3.63, 3.8) is 0 Å². The van der Waals surface area contributed by atoms with Crippen molar-refractivity contribution < 1.29 is 18.2 Å². The highest BCUT2D eigenvalue weighted by atomic mass is 31.1. The number of hydrogen-bond donors (Lipinski definition) is 0. The van der Waals surface area contributed by atoms with Gasteiger partial charge in [-0.3, -0.25) is 0 Å². The molecule has 0 radical (unpaired) electrons. The van der Waals surface area contributed by atoms with Crippen molar-refractivity contribution >= 4 is 17.4 Å². The molecule has 2 unspecified atom stereocenters. The lowest BCUT2D eigenvalue weighted by Crippen LogP contribution is -1.77. The topological polar surface area (TPSA) is 52.6 Å². The quantitative estimate of drug-likeness (QED) is 0.331. The van der Waals surface area contributed by atoms with Crippen molar-refractivity contribution in [3.05, 3.63) is 0 Å². The van der Waals surface area contributed by atoms with Gasteiger partial charge in [-0.05, 0) is 9.13 Å². The maximum Gasteiger partial charge on any atom is 0.496 e. The van der Waals surface area contributed by atoms with E-state index in [2.05, 4.69) is 9.05 Å². The minimum absolute atomic E-state index is 0.163. The van der Waals surface area contributed by atoms with Crippen molar-refractivity contribution in [2.45, 2.75) is 0 Å². The molecule has 0 rings (SSSR count). The largest absolute Gasteiger partial charge is 0.496 e. The zero-order valence-corrected chi connectivity index (χ0v) is 5.34. The zero-order chi connectivity index (χ0) is 5.54. The van der Waals surface area contributed by atoms with Crippen molar-refractivity contribution in [1.29, 1.82) is 0 Å². The van der Waals surface area contributed by atoms with Crippen LogP contribution in [0.4, 0.5) is 0 Å². The Morgan fingerprint density at radius 3 is 1.86 bits per heavy atom. The van der Waals surface area contributed by atoms with Gasteiger partial charge in [0.25, 0.3) is 6.79 Å². The summed E-state index contributed by atoms with van der Waals surface area (Å²) in [6.07, 6.45) is 0. The molecule has 0 aromatic carbocycles. The lowest BCUT2D eigenvalue weighted by atomic mass is 11.6. The summed E-state index contributed by atoms with van der Waals surface area (Å²) in [5, 5.41) is 0. The van der Waals surface area contributed by atoms with E-state index in [0.29, 0.717) is 0 Å². The first-order chi connectivity index (χ1) is 3.41. The van der Waals surface area contributed by atoms with Crippen LogP contribution in [0.15, 0.2) is 0 Å². The van der Waals surface area contributed by atoms with Gasteiger partial charge in [0, 0.05) is 0 Å². The lowest BCUT2D eigenvalue weighted by Gasteiger charge is -1.68. The van der Waals surface area contributed by atoms with Gasteiger partial charge in [-0.2, -0.15) is 0 Å². The van der Waals surface area contributed by atoms with Crippen LogP contribution in [0.1, 0.15) is 0 Å². The Morgan fingerprint density at radius 1 is 1.14 bits per heavy atom. The summed E-state index contributed by atoms with van der Waals surface area (Å²) in [6.45, 7) is -0.163. The Balaban J connectivity index is 2.68. The number of rotatable bonds is 4. The lowest BCUT2D eigenvalue weighted by molar-refractivity contribution is 0.148. The van der Waals surface area contributed by atoms with Gasteiger partial charge in [0.2, 0.25) is 0 Å². The van der Waals surface area contributed by atoms with Crippen LogP contribution in [0.5, 0.6) is 0 Å². The van der Waals surface area contributed by atoms with E-state index in [1.807, 2.05) is 0 Å². The van der Waals surface area contributed by atoms with E-state index in [4.69, 9.17) is 0 Å². The van der Waals surface area contributed by atoms with Crippen molar-refractivity contribution in [2.24, 2.45) is 0 Å². The molecule has 40 valence electrons. The highest BCUT2D eigenvalue weighted by Gasteiger charge is 1.93. The monoisotopic (exact) mass is 142 g/mol. The third-order valence-electron chi connectivity index (χ3n) is 0.236. The van der Waals surface area contributed by atoms with Crippen LogP contribution in [-0.4, -0.2) is 6.79 Å². The predicted octanol–water partition coefficient (Wildman–Crippen LogP) is 0.855. The molecule has 7 heavy (non-hydrogen) atoms. The van der Waals surface area contributed by atoms with Crippen LogP contribution in [0.3, 0.4) is 0 Å². The minimum Gasteiger partial charge on any atom is -0.114 e. The minimum atomic E-state index is -0.842. The molecule has 0 aliphatic heterocycles. The third kappa shape index (κ3) is 6.12. The van der Waals surface area contributed by atoms with Gasteiger partial charge >= 0.3 is 17.4 Å². The molecular formula is CH4O4P2+2. The molecule has 4 nitrogen and oxygen atoms in total. The molecule has 0 heterocycles. The van der Waals surface area contributed by atoms with Crippen molar-refractivity contribution in [1.82, 2.24) is 0 Å². The van der Waals surface area contributed by atoms with Crippen LogP contribution < -0.4 is 0 Å². The molecule has 0 bridgehead atoms. The van der Waals surface area contributed by atoms with Crippen LogP contribution in [0.25, 0.3) is 0 Å². The van der Waals surface area contributed by atoms with Gasteiger partial charge in [-0.1, -0.05) is 0 Å². The Hall–Kier alpha value is 0.120. The highest BCUT2D eigenvalue weighted by Crippen LogP contribution is 1.98. The zero-order valence-electron chi connectivity index (χ0n) is 3.34. The second kappa shape index (κ2) is 6.12. The maximum absolute atomic E-state index is 9.43. The normalized spacial score (nSPS) is 10.3. The van der Waals surface area contributed by atoms with Gasteiger partial charge in [-0.25, -0.2) is 0 Å². The van der Waals surface area contributed by atoms with Gasteiger partial charge in [0.05, 0.1) is 0 Å². The summed E-state index contributed by atoms with van der Waals surface area (Å²) < 4.78 is 27.1. The van der Waals surface area contributed by atoms with Crippen molar-refractivity contribution in [2.75, 3.05) is 6.79 Å². The van der Waals surface area contributed by atoms with Gasteiger partial charge < -0.3 is 0 Å². The average Bonchev–Trinajstić information content (AvgIpc) is 1.69. The van der Waals surface area contributed by atoms with Crippen LogP contribution >= 0.6 is 17.4 Å². The molecule has 0 saturated heterocycles. The van der Waals surface area contributed by atoms with E-state index in [9.17, 15) is 9.13 Å². The van der Waals surface area contributed by atoms with Crippen LogP contribution in [-0.2, 0) is 18.2 Å². The summed E-state index contributed by atoms with van der Waals surface area (Å²) >= 11 is 0. The summed E-state index contributed by atoms with van der Waals surface area (Å²) in [5.41, 5.74) is 0. The van der Waals surface area contributed by atoms with Gasteiger partial charge in [0.15, 0.2) is 0 Å². The van der Waals surface area contributed by atoms with E-state index >= 15 is 0 Å². The molecule has 0 N–H and O–H groups in total. The second-order valence-electron chi connectivity index (χ2n) is 0.573. The second-order valence-corrected chi connectivity index (χ2v) is 1.48. The predicted molar refractivity (Wildman–Crippen MR) is 25.0 cm³/mol. The molecule has 2 atom stereocenters. The average molecular weight is 142 g/mol. The summed E-state index contributed by atoms with van der Waals surface area (Å²) in [7, 11) is -1.68. The molecule has 0 aromatic heterocycles. The number of hydrogen-bond acceptors (Lipinski definition) is 4. The molecule has 0 saturated carbocycles. The first kappa shape index (κ1) is 7.12. The molecule has 0 fully saturated rings. The molecule has 0 aromatic rings. The fourth-order valence-corrected chi connectivity index (χ4v) is 0.410. The van der Waals surface area contributed by atoms with E-state index in [0.717, 1.165) is 0 Å². The summed E-state index contributed by atoms with van der Waals surface area (Å²) in [6, 6.07) is 0. The molecule has 0 spiro atoms. The molecule has 0 aliphatic carbocycles. The smallest absolute Gasteiger partial charge is 0.114 e. The molecule has 6 heteroatoms. The van der Waals surface area contributed by atoms with Gasteiger partial charge in [-0.15, -0.1) is 9.05 Å². The van der Waals surface area contributed by atoms with Crippen molar-refractivity contribution in [3.8, 4) is 0 Å². The first-order valence-corrected chi connectivity index (χ1v) is 3.03. The Kier molecular flexibility index (Phi) is 6.22.